The zero-order valence-electron chi connectivity index (χ0n) is 23.6. The minimum atomic E-state index is -0.482. The van der Waals surface area contributed by atoms with E-state index in [-0.39, 0.29) is 5.91 Å². The number of likely N-dealkylation sites (tertiary alicyclic amines) is 1. The summed E-state index contributed by atoms with van der Waals surface area (Å²) in [6.45, 7) is 14.3. The fraction of sp³-hybridized carbons (Fsp3) is 0.452. The second-order valence-corrected chi connectivity index (χ2v) is 13.0. The first kappa shape index (κ1) is 27.5. The lowest BCUT2D eigenvalue weighted by Crippen LogP contribution is -2.58. The van der Waals surface area contributed by atoms with Gasteiger partial charge in [0.05, 0.1) is 11.2 Å². The molecule has 0 saturated carbocycles. The predicted molar refractivity (Wildman–Crippen MR) is 158 cm³/mol. The summed E-state index contributed by atoms with van der Waals surface area (Å²) in [5, 5.41) is 3.38. The molecule has 1 aromatic heterocycles. The van der Waals surface area contributed by atoms with Gasteiger partial charge in [-0.05, 0) is 86.3 Å². The summed E-state index contributed by atoms with van der Waals surface area (Å²) in [5.74, 6) is 0.906. The van der Waals surface area contributed by atoms with Gasteiger partial charge < -0.3 is 15.0 Å². The highest BCUT2D eigenvalue weighted by molar-refractivity contribution is 8.00. The van der Waals surface area contributed by atoms with Gasteiger partial charge in [-0.2, -0.15) is 4.98 Å². The van der Waals surface area contributed by atoms with Crippen LogP contribution in [0, 0.1) is 19.3 Å². The minimum Gasteiger partial charge on any atom is -0.475 e. The number of carbonyl (C=O) groups is 1. The molecular weight excluding hydrogens is 506 g/mol. The maximum atomic E-state index is 13.5. The highest BCUT2D eigenvalue weighted by Crippen LogP contribution is 2.32. The van der Waals surface area contributed by atoms with Gasteiger partial charge in [0.1, 0.15) is 6.61 Å². The van der Waals surface area contributed by atoms with Crippen molar-refractivity contribution in [2.45, 2.75) is 64.3 Å². The molecule has 0 radical (unpaired) electrons. The van der Waals surface area contributed by atoms with Crippen LogP contribution in [-0.4, -0.2) is 52.6 Å². The number of amides is 1. The van der Waals surface area contributed by atoms with Gasteiger partial charge in [0, 0.05) is 35.2 Å². The van der Waals surface area contributed by atoms with Gasteiger partial charge >= 0.3 is 0 Å². The monoisotopic (exact) mass is 545 g/mol. The number of hydrogen-bond donors (Lipinski definition) is 2. The van der Waals surface area contributed by atoms with Gasteiger partial charge in [0.25, 0.3) is 5.91 Å². The third-order valence-electron chi connectivity index (χ3n) is 7.66. The summed E-state index contributed by atoms with van der Waals surface area (Å²) in [4.78, 5) is 26.4. The number of nitrogens with zero attached hydrogens (tertiary/aromatic N) is 3. The van der Waals surface area contributed by atoms with Crippen LogP contribution in [0.1, 0.15) is 61.5 Å². The van der Waals surface area contributed by atoms with Gasteiger partial charge in [-0.3, -0.25) is 9.52 Å². The van der Waals surface area contributed by atoms with Crippen LogP contribution < -0.4 is 14.8 Å². The van der Waals surface area contributed by atoms with Gasteiger partial charge in [-0.25, -0.2) is 4.98 Å². The van der Waals surface area contributed by atoms with Crippen LogP contribution >= 0.6 is 11.9 Å². The fourth-order valence-corrected chi connectivity index (χ4v) is 5.86. The first-order chi connectivity index (χ1) is 18.6. The van der Waals surface area contributed by atoms with Crippen molar-refractivity contribution in [3.63, 3.8) is 0 Å². The van der Waals surface area contributed by atoms with Crippen LogP contribution in [-0.2, 0) is 0 Å². The van der Waals surface area contributed by atoms with Crippen LogP contribution in [0.2, 0.25) is 0 Å². The van der Waals surface area contributed by atoms with Gasteiger partial charge in [-0.1, -0.05) is 45.0 Å². The Balaban J connectivity index is 1.47. The van der Waals surface area contributed by atoms with E-state index in [9.17, 15) is 4.79 Å². The highest BCUT2D eigenvalue weighted by atomic mass is 32.2. The molecule has 1 saturated heterocycles. The van der Waals surface area contributed by atoms with E-state index in [0.717, 1.165) is 66.2 Å². The molecule has 0 atom stereocenters. The predicted octanol–water partition coefficient (Wildman–Crippen LogP) is 6.27. The maximum absolute atomic E-state index is 13.5. The second kappa shape index (κ2) is 11.2. The summed E-state index contributed by atoms with van der Waals surface area (Å²) in [7, 11) is 0. The number of hydrogen-bond acceptors (Lipinski definition) is 7. The molecule has 1 amide bonds. The number of rotatable bonds is 3. The first-order valence-electron chi connectivity index (χ1n) is 13.8. The van der Waals surface area contributed by atoms with Crippen LogP contribution in [0.15, 0.2) is 53.4 Å². The van der Waals surface area contributed by atoms with Crippen molar-refractivity contribution < 1.29 is 9.53 Å². The Hall–Kier alpha value is -3.10. The molecule has 8 heteroatoms. The largest absolute Gasteiger partial charge is 0.475 e. The van der Waals surface area contributed by atoms with Crippen LogP contribution in [0.5, 0.6) is 5.88 Å². The fourth-order valence-electron chi connectivity index (χ4n) is 5.23. The molecule has 2 aromatic carbocycles. The number of fused-ring (bicyclic) bond motifs is 4. The summed E-state index contributed by atoms with van der Waals surface area (Å²) in [6.07, 6.45) is 2.78. The standard InChI is InChI=1S/C31H39N5O2S/c1-21-8-6-9-22(2)27(21)25-19-26-33-29(32-25)35-39-24-11-7-10-23(18-24)28(37)34-31(20-38-26)13-16-36(17-14-31)15-12-30(3,4)5/h6-11,18-19H,12-17,20H2,1-5H3,(H,34,37)(H,32,33,35). The van der Waals surface area contributed by atoms with Crippen LogP contribution in [0.3, 0.4) is 0 Å². The molecule has 39 heavy (non-hydrogen) atoms. The molecule has 7 nitrogen and oxygen atoms in total. The van der Waals surface area contributed by atoms with Crippen LogP contribution in [0.4, 0.5) is 5.95 Å². The zero-order chi connectivity index (χ0) is 27.6. The molecule has 1 spiro atoms. The Kier molecular flexibility index (Phi) is 7.87. The highest BCUT2D eigenvalue weighted by Gasteiger charge is 2.37. The van der Waals surface area contributed by atoms with E-state index in [4.69, 9.17) is 14.7 Å². The van der Waals surface area contributed by atoms with E-state index in [0.29, 0.717) is 29.4 Å². The number of ether oxygens (including phenoxy) is 1. The molecule has 0 aliphatic carbocycles. The minimum absolute atomic E-state index is 0.0718. The molecular formula is C31H39N5O2S. The smallest absolute Gasteiger partial charge is 0.251 e. The number of aryl methyl sites for hydroxylation is 2. The van der Waals surface area contributed by atoms with Gasteiger partial charge in [0.15, 0.2) is 0 Å². The number of anilines is 1. The molecule has 206 valence electrons. The molecule has 4 bridgehead atoms. The third kappa shape index (κ3) is 6.73. The maximum Gasteiger partial charge on any atom is 0.251 e. The molecule has 2 aliphatic rings. The number of carbonyl (C=O) groups excluding carboxylic acids is 1. The Labute approximate surface area is 236 Å². The van der Waals surface area contributed by atoms with E-state index in [2.05, 4.69) is 67.8 Å². The Morgan fingerprint density at radius 1 is 1.03 bits per heavy atom. The summed E-state index contributed by atoms with van der Waals surface area (Å²) in [6, 6.07) is 15.8. The zero-order valence-corrected chi connectivity index (χ0v) is 24.5. The average Bonchev–Trinajstić information content (AvgIpc) is 2.90. The van der Waals surface area contributed by atoms with Crippen LogP contribution in [0.25, 0.3) is 11.3 Å². The van der Waals surface area contributed by atoms with E-state index >= 15 is 0 Å². The normalized spacial score (nSPS) is 17.7. The lowest BCUT2D eigenvalue weighted by molar-refractivity contribution is 0.0636. The lowest BCUT2D eigenvalue weighted by Gasteiger charge is -2.42. The third-order valence-corrected chi connectivity index (χ3v) is 8.44. The van der Waals surface area contributed by atoms with Crippen molar-refractivity contribution in [1.29, 1.82) is 0 Å². The summed E-state index contributed by atoms with van der Waals surface area (Å²) < 4.78 is 9.69. The van der Waals surface area contributed by atoms with E-state index in [1.54, 1.807) is 0 Å². The summed E-state index contributed by atoms with van der Waals surface area (Å²) >= 11 is 1.38. The van der Waals surface area contributed by atoms with E-state index in [1.165, 1.54) is 11.9 Å². The van der Waals surface area contributed by atoms with Gasteiger partial charge in [-0.15, -0.1) is 0 Å². The Morgan fingerprint density at radius 2 is 1.74 bits per heavy atom. The Bertz CT molecular complexity index is 1320. The quantitative estimate of drug-likeness (QED) is 0.375. The van der Waals surface area contributed by atoms with Crippen molar-refractivity contribution >= 4 is 23.8 Å². The molecule has 1 fully saturated rings. The average molecular weight is 546 g/mol. The molecule has 5 rings (SSSR count). The SMILES string of the molecule is Cc1cccc(C)c1-c1cc2nc(n1)NSc1cccc(c1)C(=O)NC1(CCN(CCC(C)(C)C)CC1)CO2. The van der Waals surface area contributed by atoms with Crippen molar-refractivity contribution in [2.24, 2.45) is 5.41 Å². The molecule has 3 heterocycles. The van der Waals surface area contributed by atoms with Gasteiger partial charge in [0.2, 0.25) is 11.8 Å². The van der Waals surface area contributed by atoms with E-state index in [1.807, 2.05) is 30.3 Å². The topological polar surface area (TPSA) is 79.4 Å². The molecule has 3 aromatic rings. The summed E-state index contributed by atoms with van der Waals surface area (Å²) in [5.41, 5.74) is 4.65. The second-order valence-electron chi connectivity index (χ2n) is 12.1. The van der Waals surface area contributed by atoms with E-state index < -0.39 is 5.54 Å². The Morgan fingerprint density at radius 3 is 2.46 bits per heavy atom. The molecule has 2 aliphatic heterocycles. The molecule has 2 N–H and O–H groups in total. The lowest BCUT2D eigenvalue weighted by atomic mass is 9.86. The molecule has 0 unspecified atom stereocenters. The number of nitrogens with one attached hydrogen (secondary N) is 2. The first-order valence-corrected chi connectivity index (χ1v) is 14.6. The number of aromatic nitrogens is 2. The van der Waals surface area contributed by atoms with Crippen molar-refractivity contribution in [1.82, 2.24) is 20.2 Å². The van der Waals surface area contributed by atoms with Crippen molar-refractivity contribution in [2.75, 3.05) is 31.0 Å². The number of benzene rings is 2. The van der Waals surface area contributed by atoms with Crippen molar-refractivity contribution in [3.8, 4) is 17.1 Å². The number of piperidine rings is 1. The van der Waals surface area contributed by atoms with Crippen molar-refractivity contribution in [3.05, 3.63) is 65.2 Å².